The van der Waals surface area contributed by atoms with Crippen LogP contribution in [0.25, 0.3) is 0 Å². The Kier molecular flexibility index (Phi) is 5.97. The van der Waals surface area contributed by atoms with Gasteiger partial charge in [0, 0.05) is 6.42 Å². The summed E-state index contributed by atoms with van der Waals surface area (Å²) < 4.78 is 0. The second kappa shape index (κ2) is 6.43. The highest BCUT2D eigenvalue weighted by Gasteiger charge is 2.20. The first-order valence-electron chi connectivity index (χ1n) is 5.27. The lowest BCUT2D eigenvalue weighted by Gasteiger charge is -2.21. The summed E-state index contributed by atoms with van der Waals surface area (Å²) in [5.41, 5.74) is -0.185. The second-order valence-corrected chi connectivity index (χ2v) is 4.69. The Balaban J connectivity index is 3.57. The number of rotatable bonds is 8. The average molecular weight is 216 g/mol. The fraction of sp³-hybridized carbons (Fsp3) is 0.818. The van der Waals surface area contributed by atoms with E-state index in [4.69, 9.17) is 10.2 Å². The molecule has 0 fully saturated rings. The summed E-state index contributed by atoms with van der Waals surface area (Å²) >= 11 is 0. The smallest absolute Gasteiger partial charge is 0.303 e. The van der Waals surface area contributed by atoms with Crippen molar-refractivity contribution >= 4 is 11.9 Å². The molecule has 88 valence electrons. The van der Waals surface area contributed by atoms with Gasteiger partial charge < -0.3 is 10.2 Å². The van der Waals surface area contributed by atoms with Gasteiger partial charge in [-0.05, 0) is 18.3 Å². The molecule has 2 N–H and O–H groups in total. The van der Waals surface area contributed by atoms with Crippen LogP contribution < -0.4 is 0 Å². The topological polar surface area (TPSA) is 74.6 Å². The summed E-state index contributed by atoms with van der Waals surface area (Å²) in [7, 11) is 0. The monoisotopic (exact) mass is 216 g/mol. The van der Waals surface area contributed by atoms with Crippen molar-refractivity contribution in [1.29, 1.82) is 0 Å². The van der Waals surface area contributed by atoms with E-state index in [9.17, 15) is 9.59 Å². The Morgan fingerprint density at radius 1 is 1.00 bits per heavy atom. The number of carboxylic acids is 2. The zero-order chi connectivity index (χ0) is 11.9. The molecule has 4 nitrogen and oxygen atoms in total. The van der Waals surface area contributed by atoms with Gasteiger partial charge in [-0.25, -0.2) is 0 Å². The van der Waals surface area contributed by atoms with Gasteiger partial charge in [0.2, 0.25) is 0 Å². The molecule has 0 aliphatic rings. The fourth-order valence-corrected chi connectivity index (χ4v) is 1.55. The molecule has 0 aliphatic heterocycles. The molecule has 0 aromatic rings. The molecular formula is C11H20O4. The van der Waals surface area contributed by atoms with E-state index in [0.717, 1.165) is 19.3 Å². The van der Waals surface area contributed by atoms with Crippen LogP contribution in [0.3, 0.4) is 0 Å². The molecule has 0 saturated heterocycles. The zero-order valence-corrected chi connectivity index (χ0v) is 9.45. The summed E-state index contributed by atoms with van der Waals surface area (Å²) in [6, 6.07) is 0. The number of hydrogen-bond acceptors (Lipinski definition) is 2. The first kappa shape index (κ1) is 13.9. The first-order chi connectivity index (χ1) is 6.83. The summed E-state index contributed by atoms with van der Waals surface area (Å²) in [5.74, 6) is -1.54. The van der Waals surface area contributed by atoms with Gasteiger partial charge in [-0.1, -0.05) is 26.7 Å². The van der Waals surface area contributed by atoms with Crippen LogP contribution in [0.4, 0.5) is 0 Å². The Hall–Kier alpha value is -1.06. The number of aliphatic carboxylic acids is 2. The first-order valence-corrected chi connectivity index (χ1v) is 5.27. The number of carbonyl (C=O) groups is 2. The maximum absolute atomic E-state index is 10.5. The van der Waals surface area contributed by atoms with Crippen molar-refractivity contribution in [2.24, 2.45) is 5.41 Å². The van der Waals surface area contributed by atoms with Crippen molar-refractivity contribution in [2.75, 3.05) is 0 Å². The molecule has 0 aliphatic carbocycles. The second-order valence-electron chi connectivity index (χ2n) is 4.69. The molecule has 0 aromatic heterocycles. The van der Waals surface area contributed by atoms with Crippen LogP contribution in [0, 0.1) is 5.41 Å². The molecule has 0 spiro atoms. The highest BCUT2D eigenvalue weighted by molar-refractivity contribution is 5.67. The molecule has 0 bridgehead atoms. The van der Waals surface area contributed by atoms with E-state index in [1.54, 1.807) is 0 Å². The van der Waals surface area contributed by atoms with Crippen molar-refractivity contribution in [3.8, 4) is 0 Å². The summed E-state index contributed by atoms with van der Waals surface area (Å²) in [4.78, 5) is 20.7. The molecule has 0 heterocycles. The number of hydrogen-bond donors (Lipinski definition) is 2. The highest BCUT2D eigenvalue weighted by atomic mass is 16.4. The van der Waals surface area contributed by atoms with Crippen LogP contribution in [0.2, 0.25) is 0 Å². The van der Waals surface area contributed by atoms with Crippen LogP contribution in [-0.4, -0.2) is 22.2 Å². The van der Waals surface area contributed by atoms with Crippen molar-refractivity contribution in [2.45, 2.75) is 52.4 Å². The summed E-state index contributed by atoms with van der Waals surface area (Å²) in [5, 5.41) is 17.1. The Bertz CT molecular complexity index is 221. The molecule has 0 rings (SSSR count). The SMILES string of the molecule is CC(C)(CCCCCC(=O)O)CC(=O)O. The minimum Gasteiger partial charge on any atom is -0.481 e. The molecule has 4 heteroatoms. The van der Waals surface area contributed by atoms with Gasteiger partial charge in [-0.2, -0.15) is 0 Å². The van der Waals surface area contributed by atoms with Crippen molar-refractivity contribution in [1.82, 2.24) is 0 Å². The molecule has 0 amide bonds. The Labute approximate surface area is 90.3 Å². The van der Waals surface area contributed by atoms with Crippen LogP contribution in [0.5, 0.6) is 0 Å². The van der Waals surface area contributed by atoms with Gasteiger partial charge in [-0.3, -0.25) is 9.59 Å². The van der Waals surface area contributed by atoms with Crippen LogP contribution in [0.15, 0.2) is 0 Å². The number of carboxylic acid groups (broad SMARTS) is 2. The minimum absolute atomic E-state index is 0.173. The van der Waals surface area contributed by atoms with Crippen LogP contribution in [0.1, 0.15) is 52.4 Å². The molecule has 0 aromatic carbocycles. The van der Waals surface area contributed by atoms with Crippen molar-refractivity contribution in [3.05, 3.63) is 0 Å². The van der Waals surface area contributed by atoms with E-state index in [2.05, 4.69) is 0 Å². The van der Waals surface area contributed by atoms with E-state index in [-0.39, 0.29) is 18.3 Å². The number of unbranched alkanes of at least 4 members (excludes halogenated alkanes) is 2. The molecule has 0 radical (unpaired) electrons. The summed E-state index contributed by atoms with van der Waals surface area (Å²) in [6.07, 6.45) is 3.64. The maximum Gasteiger partial charge on any atom is 0.303 e. The molecule has 0 unspecified atom stereocenters. The fourth-order valence-electron chi connectivity index (χ4n) is 1.55. The van der Waals surface area contributed by atoms with E-state index in [0.29, 0.717) is 6.42 Å². The minimum atomic E-state index is -0.773. The highest BCUT2D eigenvalue weighted by Crippen LogP contribution is 2.27. The predicted molar refractivity (Wildman–Crippen MR) is 56.8 cm³/mol. The van der Waals surface area contributed by atoms with Gasteiger partial charge in [0.1, 0.15) is 0 Å². The van der Waals surface area contributed by atoms with E-state index >= 15 is 0 Å². The third-order valence-corrected chi connectivity index (χ3v) is 2.37. The van der Waals surface area contributed by atoms with Gasteiger partial charge >= 0.3 is 11.9 Å². The standard InChI is InChI=1S/C11H20O4/c1-11(2,8-10(14)15)7-5-3-4-6-9(12)13/h3-8H2,1-2H3,(H,12,13)(H,14,15). The normalized spacial score (nSPS) is 11.3. The van der Waals surface area contributed by atoms with Gasteiger partial charge in [0.15, 0.2) is 0 Å². The maximum atomic E-state index is 10.5. The average Bonchev–Trinajstić information content (AvgIpc) is 1.99. The quantitative estimate of drug-likeness (QED) is 0.611. The van der Waals surface area contributed by atoms with Crippen molar-refractivity contribution in [3.63, 3.8) is 0 Å². The molecule has 15 heavy (non-hydrogen) atoms. The predicted octanol–water partition coefficient (Wildman–Crippen LogP) is 2.52. The molecule has 0 saturated carbocycles. The van der Waals surface area contributed by atoms with E-state index < -0.39 is 11.9 Å². The summed E-state index contributed by atoms with van der Waals surface area (Å²) in [6.45, 7) is 3.86. The largest absolute Gasteiger partial charge is 0.481 e. The van der Waals surface area contributed by atoms with Gasteiger partial charge in [0.05, 0.1) is 6.42 Å². The Morgan fingerprint density at radius 2 is 1.60 bits per heavy atom. The third kappa shape index (κ3) is 9.25. The van der Waals surface area contributed by atoms with E-state index in [1.165, 1.54) is 0 Å². The lowest BCUT2D eigenvalue weighted by molar-refractivity contribution is -0.139. The van der Waals surface area contributed by atoms with Gasteiger partial charge in [-0.15, -0.1) is 0 Å². The zero-order valence-electron chi connectivity index (χ0n) is 9.45. The van der Waals surface area contributed by atoms with Crippen LogP contribution in [-0.2, 0) is 9.59 Å². The molecule has 0 atom stereocenters. The van der Waals surface area contributed by atoms with E-state index in [1.807, 2.05) is 13.8 Å². The third-order valence-electron chi connectivity index (χ3n) is 2.37. The molecular weight excluding hydrogens is 196 g/mol. The lowest BCUT2D eigenvalue weighted by atomic mass is 9.84. The van der Waals surface area contributed by atoms with Gasteiger partial charge in [0.25, 0.3) is 0 Å². The van der Waals surface area contributed by atoms with Crippen LogP contribution >= 0.6 is 0 Å². The van der Waals surface area contributed by atoms with Crippen molar-refractivity contribution < 1.29 is 19.8 Å². The Morgan fingerprint density at radius 3 is 2.07 bits per heavy atom. The lowest BCUT2D eigenvalue weighted by Crippen LogP contribution is -2.16.